The first-order valence-corrected chi connectivity index (χ1v) is 6.74. The van der Waals surface area contributed by atoms with Crippen LogP contribution in [0.5, 0.6) is 0 Å². The molecule has 2 rings (SSSR count). The van der Waals surface area contributed by atoms with E-state index in [0.717, 1.165) is 13.1 Å². The minimum atomic E-state index is -2.95. The molecule has 0 N–H and O–H groups in total. The molecule has 0 aromatic carbocycles. The van der Waals surface area contributed by atoms with Crippen molar-refractivity contribution in [3.63, 3.8) is 0 Å². The molecule has 0 amide bonds. The Bertz CT molecular complexity index is 306. The molecule has 1 spiro atoms. The number of sulfonamides is 1. The van der Waals surface area contributed by atoms with Crippen LogP contribution < -0.4 is 0 Å². The van der Waals surface area contributed by atoms with Crippen LogP contribution in [0.4, 0.5) is 0 Å². The van der Waals surface area contributed by atoms with Gasteiger partial charge < -0.3 is 0 Å². The minimum Gasteiger partial charge on any atom is -0.213 e. The van der Waals surface area contributed by atoms with Gasteiger partial charge in [-0.1, -0.05) is 13.3 Å². The van der Waals surface area contributed by atoms with Crippen LogP contribution >= 0.6 is 0 Å². The third kappa shape index (κ3) is 1.40. The molecule has 0 radical (unpaired) electrons. The Morgan fingerprint density at radius 1 is 1.38 bits per heavy atom. The molecule has 1 unspecified atom stereocenters. The van der Waals surface area contributed by atoms with Crippen LogP contribution in [0.3, 0.4) is 0 Å². The minimum absolute atomic E-state index is 0.350. The quantitative estimate of drug-likeness (QED) is 0.639. The molecular formula is C9H17NO2S. The van der Waals surface area contributed by atoms with Crippen molar-refractivity contribution in [1.29, 1.82) is 0 Å². The van der Waals surface area contributed by atoms with Crippen molar-refractivity contribution in [1.82, 2.24) is 4.31 Å². The van der Waals surface area contributed by atoms with E-state index in [4.69, 9.17) is 0 Å². The summed E-state index contributed by atoms with van der Waals surface area (Å²) in [6.45, 7) is 3.69. The van der Waals surface area contributed by atoms with Gasteiger partial charge in [-0.05, 0) is 24.2 Å². The molecule has 76 valence electrons. The predicted molar refractivity (Wildman–Crippen MR) is 51.9 cm³/mol. The maximum absolute atomic E-state index is 11.3. The van der Waals surface area contributed by atoms with Gasteiger partial charge in [0.15, 0.2) is 0 Å². The molecule has 1 saturated heterocycles. The molecule has 0 aromatic heterocycles. The van der Waals surface area contributed by atoms with Gasteiger partial charge in [0.05, 0.1) is 6.26 Å². The zero-order valence-electron chi connectivity index (χ0n) is 8.28. The maximum Gasteiger partial charge on any atom is 0.211 e. The van der Waals surface area contributed by atoms with Crippen LogP contribution in [0.2, 0.25) is 0 Å². The molecule has 1 saturated carbocycles. The summed E-state index contributed by atoms with van der Waals surface area (Å²) in [5.41, 5.74) is 0.350. The van der Waals surface area contributed by atoms with Crippen molar-refractivity contribution < 1.29 is 8.42 Å². The van der Waals surface area contributed by atoms with Gasteiger partial charge in [-0.3, -0.25) is 0 Å². The lowest BCUT2D eigenvalue weighted by Gasteiger charge is -2.41. The first kappa shape index (κ1) is 9.46. The first-order valence-electron chi connectivity index (χ1n) is 4.89. The molecule has 2 fully saturated rings. The molecule has 13 heavy (non-hydrogen) atoms. The van der Waals surface area contributed by atoms with E-state index in [-0.39, 0.29) is 0 Å². The van der Waals surface area contributed by atoms with Crippen LogP contribution in [0, 0.1) is 11.3 Å². The summed E-state index contributed by atoms with van der Waals surface area (Å²) >= 11 is 0. The van der Waals surface area contributed by atoms with Crippen molar-refractivity contribution in [2.75, 3.05) is 19.3 Å². The zero-order valence-corrected chi connectivity index (χ0v) is 9.10. The normalized spacial score (nSPS) is 33.5. The fourth-order valence-electron chi connectivity index (χ4n) is 2.61. The third-order valence-corrected chi connectivity index (χ3v) is 5.05. The van der Waals surface area contributed by atoms with Gasteiger partial charge in [-0.25, -0.2) is 12.7 Å². The Hall–Kier alpha value is -0.0900. The molecule has 3 nitrogen and oxygen atoms in total. The molecule has 1 aliphatic heterocycles. The molecule has 1 aliphatic carbocycles. The van der Waals surface area contributed by atoms with Crippen molar-refractivity contribution in [3.8, 4) is 0 Å². The van der Waals surface area contributed by atoms with Crippen LogP contribution in [0.25, 0.3) is 0 Å². The summed E-state index contributed by atoms with van der Waals surface area (Å²) in [7, 11) is -2.95. The molecule has 0 aromatic rings. The highest BCUT2D eigenvalue weighted by molar-refractivity contribution is 7.88. The first-order chi connectivity index (χ1) is 5.94. The number of rotatable bonds is 1. The zero-order chi connectivity index (χ0) is 9.69. The highest BCUT2D eigenvalue weighted by Crippen LogP contribution is 2.51. The molecule has 4 heteroatoms. The van der Waals surface area contributed by atoms with E-state index < -0.39 is 10.0 Å². The molecule has 2 aliphatic rings. The average molecular weight is 203 g/mol. The Morgan fingerprint density at radius 3 is 2.23 bits per heavy atom. The highest BCUT2D eigenvalue weighted by atomic mass is 32.2. The summed E-state index contributed by atoms with van der Waals surface area (Å²) in [4.78, 5) is 0. The summed E-state index contributed by atoms with van der Waals surface area (Å²) in [6.07, 6.45) is 5.04. The van der Waals surface area contributed by atoms with E-state index in [1.807, 2.05) is 0 Å². The lowest BCUT2D eigenvalue weighted by molar-refractivity contribution is 0.105. The summed E-state index contributed by atoms with van der Waals surface area (Å²) < 4.78 is 24.3. The topological polar surface area (TPSA) is 37.4 Å². The fourth-order valence-corrected chi connectivity index (χ4v) is 3.59. The lowest BCUT2D eigenvalue weighted by Crippen LogP contribution is -2.37. The van der Waals surface area contributed by atoms with Crippen LogP contribution in [0.1, 0.15) is 26.2 Å². The van der Waals surface area contributed by atoms with Gasteiger partial charge in [0, 0.05) is 13.1 Å². The second-order valence-corrected chi connectivity index (χ2v) is 6.65. The van der Waals surface area contributed by atoms with Crippen molar-refractivity contribution in [3.05, 3.63) is 0 Å². The van der Waals surface area contributed by atoms with Crippen molar-refractivity contribution in [2.24, 2.45) is 11.3 Å². The van der Waals surface area contributed by atoms with Gasteiger partial charge in [-0.15, -0.1) is 0 Å². The van der Waals surface area contributed by atoms with E-state index in [1.165, 1.54) is 25.5 Å². The Kier molecular flexibility index (Phi) is 1.97. The van der Waals surface area contributed by atoms with E-state index in [0.29, 0.717) is 11.3 Å². The van der Waals surface area contributed by atoms with Crippen LogP contribution in [-0.2, 0) is 10.0 Å². The van der Waals surface area contributed by atoms with Crippen molar-refractivity contribution >= 4 is 10.0 Å². The molecular weight excluding hydrogens is 186 g/mol. The SMILES string of the molecule is CC1CN(S(C)(=O)=O)CC12CCC2. The van der Waals surface area contributed by atoms with Gasteiger partial charge in [0.1, 0.15) is 0 Å². The Balaban J connectivity index is 2.16. The van der Waals surface area contributed by atoms with E-state index in [2.05, 4.69) is 6.92 Å². The highest BCUT2D eigenvalue weighted by Gasteiger charge is 2.50. The summed E-state index contributed by atoms with van der Waals surface area (Å²) in [5, 5.41) is 0. The van der Waals surface area contributed by atoms with E-state index in [1.54, 1.807) is 4.31 Å². The second-order valence-electron chi connectivity index (χ2n) is 4.67. The van der Waals surface area contributed by atoms with Gasteiger partial charge in [0.25, 0.3) is 0 Å². The Morgan fingerprint density at radius 2 is 2.00 bits per heavy atom. The van der Waals surface area contributed by atoms with Gasteiger partial charge >= 0.3 is 0 Å². The largest absolute Gasteiger partial charge is 0.213 e. The lowest BCUT2D eigenvalue weighted by atomic mass is 9.63. The smallest absolute Gasteiger partial charge is 0.211 e. The number of nitrogens with zero attached hydrogens (tertiary/aromatic N) is 1. The standard InChI is InChI=1S/C9H17NO2S/c1-8-6-10(13(2,11)12)7-9(8)4-3-5-9/h8H,3-7H2,1-2H3. The Labute approximate surface area is 80.2 Å². The van der Waals surface area contributed by atoms with Crippen LogP contribution in [0.15, 0.2) is 0 Å². The molecule has 0 bridgehead atoms. The number of hydrogen-bond donors (Lipinski definition) is 0. The van der Waals surface area contributed by atoms with Crippen LogP contribution in [-0.4, -0.2) is 32.1 Å². The maximum atomic E-state index is 11.3. The van der Waals surface area contributed by atoms with E-state index in [9.17, 15) is 8.42 Å². The monoisotopic (exact) mass is 203 g/mol. The average Bonchev–Trinajstić information content (AvgIpc) is 2.23. The third-order valence-electron chi connectivity index (χ3n) is 3.83. The molecule has 1 atom stereocenters. The summed E-state index contributed by atoms with van der Waals surface area (Å²) in [6, 6.07) is 0. The van der Waals surface area contributed by atoms with Crippen molar-refractivity contribution in [2.45, 2.75) is 26.2 Å². The van der Waals surface area contributed by atoms with Gasteiger partial charge in [0.2, 0.25) is 10.0 Å². The van der Waals surface area contributed by atoms with Gasteiger partial charge in [-0.2, -0.15) is 0 Å². The van der Waals surface area contributed by atoms with E-state index >= 15 is 0 Å². The fraction of sp³-hybridized carbons (Fsp3) is 1.00. The number of hydrogen-bond acceptors (Lipinski definition) is 2. The second kappa shape index (κ2) is 2.70. The predicted octanol–water partition coefficient (Wildman–Crippen LogP) is 1.07. The molecule has 1 heterocycles. The summed E-state index contributed by atoms with van der Waals surface area (Å²) in [5.74, 6) is 0.552.